The van der Waals surface area contributed by atoms with Crippen LogP contribution < -0.4 is 11.1 Å². The molecule has 112 valence electrons. The average Bonchev–Trinajstić information content (AvgIpc) is 2.34. The number of halogens is 1. The van der Waals surface area contributed by atoms with Crippen LogP contribution >= 0.6 is 0 Å². The molecule has 0 unspecified atom stereocenters. The molecule has 0 aliphatic rings. The first-order chi connectivity index (χ1) is 9.41. The quantitative estimate of drug-likeness (QED) is 0.504. The van der Waals surface area contributed by atoms with Crippen LogP contribution in [0.1, 0.15) is 30.6 Å². The van der Waals surface area contributed by atoms with Gasteiger partial charge in [-0.3, -0.25) is 0 Å². The van der Waals surface area contributed by atoms with Crippen LogP contribution in [-0.4, -0.2) is 30.8 Å². The maximum absolute atomic E-state index is 13.6. The van der Waals surface area contributed by atoms with Crippen LogP contribution in [0.5, 0.6) is 0 Å². The number of carbonyl (C=O) groups is 1. The van der Waals surface area contributed by atoms with Crippen molar-refractivity contribution in [2.24, 2.45) is 5.92 Å². The number of benzene rings is 1. The molecule has 4 N–H and O–H groups in total. The lowest BCUT2D eigenvalue weighted by atomic mass is 10.1. The van der Waals surface area contributed by atoms with Crippen molar-refractivity contribution in [3.63, 3.8) is 0 Å². The van der Waals surface area contributed by atoms with Gasteiger partial charge in [-0.25, -0.2) is 9.18 Å². The van der Waals surface area contributed by atoms with Crippen molar-refractivity contribution in [3.05, 3.63) is 23.5 Å². The number of carboxylic acid groups (broad SMARTS) is 1. The molecule has 0 radical (unpaired) electrons. The Labute approximate surface area is 117 Å². The predicted octanol–water partition coefficient (Wildman–Crippen LogP) is 2.58. The topological polar surface area (TPSA) is 84.6 Å². The van der Waals surface area contributed by atoms with E-state index < -0.39 is 11.8 Å². The molecule has 0 fully saturated rings. The van der Waals surface area contributed by atoms with Gasteiger partial charge in [-0.1, -0.05) is 13.8 Å². The maximum Gasteiger partial charge on any atom is 0.337 e. The van der Waals surface area contributed by atoms with Gasteiger partial charge in [-0.05, 0) is 24.5 Å². The normalized spacial score (nSPS) is 10.8. The van der Waals surface area contributed by atoms with Crippen LogP contribution in [0, 0.1) is 11.7 Å². The number of nitrogen functional groups attached to an aromatic ring is 1. The van der Waals surface area contributed by atoms with Crippen molar-refractivity contribution in [2.45, 2.75) is 20.3 Å². The standard InChI is InChI=1S/C14H21FN2O3/c1-9(2)8-20-5-3-4-17-13-6-10(14(18)19)12(16)7-11(13)15/h6-7,9,17H,3-5,8,16H2,1-2H3,(H,18,19). The SMILES string of the molecule is CC(C)COCCCNc1cc(C(=O)O)c(N)cc1F. The first-order valence-electron chi connectivity index (χ1n) is 6.55. The second-order valence-corrected chi connectivity index (χ2v) is 4.97. The van der Waals surface area contributed by atoms with E-state index in [9.17, 15) is 9.18 Å². The number of nitrogens with one attached hydrogen (secondary N) is 1. The minimum absolute atomic E-state index is 0.0826. The lowest BCUT2D eigenvalue weighted by molar-refractivity contribution is 0.0698. The van der Waals surface area contributed by atoms with Crippen LogP contribution in [0.4, 0.5) is 15.8 Å². The zero-order chi connectivity index (χ0) is 15.1. The number of hydrogen-bond donors (Lipinski definition) is 3. The molecule has 0 atom stereocenters. The molecule has 0 amide bonds. The summed E-state index contributed by atoms with van der Waals surface area (Å²) >= 11 is 0. The van der Waals surface area contributed by atoms with Crippen molar-refractivity contribution in [1.82, 2.24) is 0 Å². The molecule has 0 spiro atoms. The molecule has 1 aromatic rings. The monoisotopic (exact) mass is 284 g/mol. The van der Waals surface area contributed by atoms with Crippen molar-refractivity contribution in [2.75, 3.05) is 30.8 Å². The van der Waals surface area contributed by atoms with Gasteiger partial charge >= 0.3 is 5.97 Å². The lowest BCUT2D eigenvalue weighted by Crippen LogP contribution is -2.11. The number of carboxylic acids is 1. The minimum atomic E-state index is -1.18. The Balaban J connectivity index is 2.47. The second-order valence-electron chi connectivity index (χ2n) is 4.97. The highest BCUT2D eigenvalue weighted by molar-refractivity contribution is 5.94. The van der Waals surface area contributed by atoms with Gasteiger partial charge in [-0.15, -0.1) is 0 Å². The fourth-order valence-corrected chi connectivity index (χ4v) is 1.63. The third kappa shape index (κ3) is 5.05. The van der Waals surface area contributed by atoms with Gasteiger partial charge < -0.3 is 20.9 Å². The molecule has 0 saturated heterocycles. The van der Waals surface area contributed by atoms with Gasteiger partial charge in [-0.2, -0.15) is 0 Å². The van der Waals surface area contributed by atoms with Gasteiger partial charge in [0.2, 0.25) is 0 Å². The summed E-state index contributed by atoms with van der Waals surface area (Å²) in [6, 6.07) is 2.23. The Bertz CT molecular complexity index is 464. The van der Waals surface area contributed by atoms with Crippen molar-refractivity contribution in [3.8, 4) is 0 Å². The van der Waals surface area contributed by atoms with Crippen LogP contribution in [0.25, 0.3) is 0 Å². The van der Waals surface area contributed by atoms with E-state index in [2.05, 4.69) is 19.2 Å². The summed E-state index contributed by atoms with van der Waals surface area (Å²) < 4.78 is 19.0. The van der Waals surface area contributed by atoms with Crippen LogP contribution in [-0.2, 0) is 4.74 Å². The van der Waals surface area contributed by atoms with Crippen molar-refractivity contribution in [1.29, 1.82) is 0 Å². The summed E-state index contributed by atoms with van der Waals surface area (Å²) in [7, 11) is 0. The smallest absolute Gasteiger partial charge is 0.337 e. The fraction of sp³-hybridized carbons (Fsp3) is 0.500. The van der Waals surface area contributed by atoms with Gasteiger partial charge in [0.25, 0.3) is 0 Å². The second kappa shape index (κ2) is 7.69. The summed E-state index contributed by atoms with van der Waals surface area (Å²) in [6.45, 7) is 5.90. The molecule has 20 heavy (non-hydrogen) atoms. The molecule has 1 rings (SSSR count). The van der Waals surface area contributed by atoms with Crippen molar-refractivity contribution < 1.29 is 19.0 Å². The number of hydrogen-bond acceptors (Lipinski definition) is 4. The Kier molecular flexibility index (Phi) is 6.24. The minimum Gasteiger partial charge on any atom is -0.478 e. The van der Waals surface area contributed by atoms with Gasteiger partial charge in [0.15, 0.2) is 0 Å². The Morgan fingerprint density at radius 3 is 2.80 bits per heavy atom. The fourth-order valence-electron chi connectivity index (χ4n) is 1.63. The predicted molar refractivity (Wildman–Crippen MR) is 76.5 cm³/mol. The van der Waals surface area contributed by atoms with Crippen LogP contribution in [0.3, 0.4) is 0 Å². The number of nitrogens with two attached hydrogens (primary N) is 1. The van der Waals surface area contributed by atoms with Gasteiger partial charge in [0, 0.05) is 25.4 Å². The summed E-state index contributed by atoms with van der Waals surface area (Å²) in [4.78, 5) is 10.9. The van der Waals surface area contributed by atoms with E-state index in [4.69, 9.17) is 15.6 Å². The number of rotatable bonds is 8. The molecular formula is C14H21FN2O3. The zero-order valence-corrected chi connectivity index (χ0v) is 11.8. The summed E-state index contributed by atoms with van der Waals surface area (Å²) in [5, 5.41) is 11.8. The molecule has 5 nitrogen and oxygen atoms in total. The molecule has 0 saturated carbocycles. The third-order valence-electron chi connectivity index (χ3n) is 2.60. The Hall–Kier alpha value is -1.82. The molecule has 6 heteroatoms. The highest BCUT2D eigenvalue weighted by Crippen LogP contribution is 2.22. The first kappa shape index (κ1) is 16.2. The van der Waals surface area contributed by atoms with Gasteiger partial charge in [0.05, 0.1) is 11.3 Å². The molecule has 0 aromatic heterocycles. The molecule has 0 aliphatic carbocycles. The first-order valence-corrected chi connectivity index (χ1v) is 6.55. The Morgan fingerprint density at radius 2 is 2.20 bits per heavy atom. The average molecular weight is 284 g/mol. The van der Waals surface area contributed by atoms with E-state index in [0.29, 0.717) is 32.1 Å². The zero-order valence-electron chi connectivity index (χ0n) is 11.8. The third-order valence-corrected chi connectivity index (χ3v) is 2.60. The molecular weight excluding hydrogens is 263 g/mol. The number of aromatic carboxylic acids is 1. The maximum atomic E-state index is 13.6. The summed E-state index contributed by atoms with van der Waals surface area (Å²) in [5.41, 5.74) is 5.40. The van der Waals surface area contributed by atoms with E-state index in [1.54, 1.807) is 0 Å². The number of ether oxygens (including phenoxy) is 1. The van der Waals surface area contributed by atoms with E-state index >= 15 is 0 Å². The Morgan fingerprint density at radius 1 is 1.50 bits per heavy atom. The van der Waals surface area contributed by atoms with Crippen LogP contribution in [0.15, 0.2) is 12.1 Å². The molecule has 0 heterocycles. The largest absolute Gasteiger partial charge is 0.478 e. The van der Waals surface area contributed by atoms with E-state index in [1.807, 2.05) is 0 Å². The van der Waals surface area contributed by atoms with E-state index in [-0.39, 0.29) is 16.9 Å². The highest BCUT2D eigenvalue weighted by atomic mass is 19.1. The lowest BCUT2D eigenvalue weighted by Gasteiger charge is -2.11. The molecule has 0 bridgehead atoms. The van der Waals surface area contributed by atoms with Crippen molar-refractivity contribution >= 4 is 17.3 Å². The molecule has 0 aliphatic heterocycles. The highest BCUT2D eigenvalue weighted by Gasteiger charge is 2.12. The van der Waals surface area contributed by atoms with E-state index in [1.165, 1.54) is 6.07 Å². The number of anilines is 2. The summed E-state index contributed by atoms with van der Waals surface area (Å²) in [5.74, 6) is -1.25. The van der Waals surface area contributed by atoms with Gasteiger partial charge in [0.1, 0.15) is 5.82 Å². The van der Waals surface area contributed by atoms with Crippen LogP contribution in [0.2, 0.25) is 0 Å². The van der Waals surface area contributed by atoms with E-state index in [0.717, 1.165) is 6.07 Å². The summed E-state index contributed by atoms with van der Waals surface area (Å²) in [6.07, 6.45) is 0.707. The molecule has 1 aromatic carbocycles.